The quantitative estimate of drug-likeness (QED) is 0.822. The number of piperidine rings is 1. The molecule has 3 aliphatic heterocycles. The zero-order valence-corrected chi connectivity index (χ0v) is 12.7. The lowest BCUT2D eigenvalue weighted by Gasteiger charge is -2.38. The third-order valence-corrected chi connectivity index (χ3v) is 5.50. The Kier molecular flexibility index (Phi) is 4.97. The maximum Gasteiger partial charge on any atom is 0.0557 e. The van der Waals surface area contributed by atoms with Crippen molar-refractivity contribution in [3.8, 4) is 0 Å². The molecule has 1 atom stereocenters. The molecule has 3 fully saturated rings. The van der Waals surface area contributed by atoms with E-state index >= 15 is 0 Å². The van der Waals surface area contributed by atoms with Gasteiger partial charge in [-0.05, 0) is 64.2 Å². The lowest BCUT2D eigenvalue weighted by molar-refractivity contribution is 0.0418. The Morgan fingerprint density at radius 3 is 2.40 bits per heavy atom. The van der Waals surface area contributed by atoms with Crippen molar-refractivity contribution in [3.05, 3.63) is 0 Å². The van der Waals surface area contributed by atoms with Crippen molar-refractivity contribution in [2.45, 2.75) is 32.1 Å². The van der Waals surface area contributed by atoms with Gasteiger partial charge in [0, 0.05) is 25.1 Å². The van der Waals surface area contributed by atoms with Gasteiger partial charge in [-0.1, -0.05) is 0 Å². The summed E-state index contributed by atoms with van der Waals surface area (Å²) < 4.78 is 5.51. The van der Waals surface area contributed by atoms with E-state index in [-0.39, 0.29) is 12.0 Å². The molecule has 3 rings (SSSR count). The first-order chi connectivity index (χ1) is 9.80. The summed E-state index contributed by atoms with van der Waals surface area (Å²) in [6.45, 7) is 9.27. The maximum atomic E-state index is 9.68. The summed E-state index contributed by atoms with van der Waals surface area (Å²) in [6.07, 6.45) is 6.49. The van der Waals surface area contributed by atoms with E-state index in [0.29, 0.717) is 0 Å². The molecule has 0 radical (unpaired) electrons. The predicted octanol–water partition coefficient (Wildman–Crippen LogP) is 1.19. The number of rotatable bonds is 5. The molecule has 20 heavy (non-hydrogen) atoms. The molecule has 3 heterocycles. The highest BCUT2D eigenvalue weighted by molar-refractivity contribution is 4.88. The molecule has 4 nitrogen and oxygen atoms in total. The fraction of sp³-hybridized carbons (Fsp3) is 1.00. The summed E-state index contributed by atoms with van der Waals surface area (Å²) in [6, 6.07) is 0. The summed E-state index contributed by atoms with van der Waals surface area (Å²) in [7, 11) is 0. The Balaban J connectivity index is 1.41. The second kappa shape index (κ2) is 6.73. The highest BCUT2D eigenvalue weighted by Crippen LogP contribution is 2.31. The monoisotopic (exact) mass is 282 g/mol. The van der Waals surface area contributed by atoms with Gasteiger partial charge >= 0.3 is 0 Å². The smallest absolute Gasteiger partial charge is 0.0557 e. The minimum atomic E-state index is 0.0296. The first kappa shape index (κ1) is 14.8. The Morgan fingerprint density at radius 2 is 1.80 bits per heavy atom. The summed E-state index contributed by atoms with van der Waals surface area (Å²) in [5.41, 5.74) is 0.0296. The number of hydrogen-bond acceptors (Lipinski definition) is 4. The van der Waals surface area contributed by atoms with Gasteiger partial charge in [0.25, 0.3) is 0 Å². The van der Waals surface area contributed by atoms with Crippen LogP contribution in [0.5, 0.6) is 0 Å². The third-order valence-electron chi connectivity index (χ3n) is 5.50. The molecule has 0 amide bonds. The van der Waals surface area contributed by atoms with E-state index in [2.05, 4.69) is 9.80 Å². The van der Waals surface area contributed by atoms with Crippen LogP contribution in [0.4, 0.5) is 0 Å². The average molecular weight is 282 g/mol. The van der Waals surface area contributed by atoms with Crippen LogP contribution in [0.3, 0.4) is 0 Å². The van der Waals surface area contributed by atoms with Crippen LogP contribution < -0.4 is 0 Å². The summed E-state index contributed by atoms with van der Waals surface area (Å²) in [4.78, 5) is 5.21. The molecule has 4 heteroatoms. The molecular weight excluding hydrogens is 252 g/mol. The van der Waals surface area contributed by atoms with Crippen molar-refractivity contribution < 1.29 is 9.84 Å². The first-order valence-corrected chi connectivity index (χ1v) is 8.43. The molecular formula is C16H30N2O2. The third kappa shape index (κ3) is 3.53. The zero-order chi connectivity index (χ0) is 13.8. The predicted molar refractivity (Wildman–Crippen MR) is 79.8 cm³/mol. The van der Waals surface area contributed by atoms with E-state index in [1.165, 1.54) is 58.4 Å². The normalized spacial score (nSPS) is 34.0. The average Bonchev–Trinajstić information content (AvgIpc) is 3.13. The number of aliphatic hydroxyl groups is 1. The minimum absolute atomic E-state index is 0.0296. The van der Waals surface area contributed by atoms with Crippen LogP contribution >= 0.6 is 0 Å². The van der Waals surface area contributed by atoms with E-state index < -0.39 is 0 Å². The number of ether oxygens (including phenoxy) is 1. The largest absolute Gasteiger partial charge is 0.396 e. The van der Waals surface area contributed by atoms with Gasteiger partial charge in [0.2, 0.25) is 0 Å². The van der Waals surface area contributed by atoms with E-state index in [4.69, 9.17) is 4.74 Å². The molecule has 116 valence electrons. The number of aliphatic hydroxyl groups excluding tert-OH is 1. The van der Waals surface area contributed by atoms with Crippen molar-refractivity contribution >= 4 is 0 Å². The fourth-order valence-electron chi connectivity index (χ4n) is 4.08. The molecule has 3 aliphatic rings. The molecule has 0 saturated carbocycles. The van der Waals surface area contributed by atoms with Crippen LogP contribution in [0.2, 0.25) is 0 Å². The highest BCUT2D eigenvalue weighted by atomic mass is 16.5. The Morgan fingerprint density at radius 1 is 1.05 bits per heavy atom. The fourth-order valence-corrected chi connectivity index (χ4v) is 4.08. The van der Waals surface area contributed by atoms with Crippen molar-refractivity contribution in [2.75, 3.05) is 59.1 Å². The van der Waals surface area contributed by atoms with Crippen molar-refractivity contribution in [2.24, 2.45) is 11.3 Å². The van der Waals surface area contributed by atoms with Crippen LogP contribution in [0, 0.1) is 11.3 Å². The molecule has 1 unspecified atom stereocenters. The van der Waals surface area contributed by atoms with Crippen LogP contribution in [-0.4, -0.2) is 74.0 Å². The summed E-state index contributed by atoms with van der Waals surface area (Å²) in [5.74, 6) is 0.897. The van der Waals surface area contributed by atoms with Crippen LogP contribution in [0.15, 0.2) is 0 Å². The van der Waals surface area contributed by atoms with Gasteiger partial charge in [-0.15, -0.1) is 0 Å². The van der Waals surface area contributed by atoms with Gasteiger partial charge in [-0.3, -0.25) is 0 Å². The number of hydrogen-bond donors (Lipinski definition) is 1. The van der Waals surface area contributed by atoms with E-state index in [1.54, 1.807) is 0 Å². The second-order valence-corrected chi connectivity index (χ2v) is 7.19. The summed E-state index contributed by atoms with van der Waals surface area (Å²) in [5, 5.41) is 9.68. The molecule has 3 saturated heterocycles. The van der Waals surface area contributed by atoms with Crippen LogP contribution in [0.1, 0.15) is 32.1 Å². The van der Waals surface area contributed by atoms with Crippen molar-refractivity contribution in [1.29, 1.82) is 0 Å². The Labute approximate surface area is 123 Å². The molecule has 0 aromatic rings. The number of likely N-dealkylation sites (tertiary alicyclic amines) is 2. The van der Waals surface area contributed by atoms with Crippen molar-refractivity contribution in [1.82, 2.24) is 9.80 Å². The van der Waals surface area contributed by atoms with Gasteiger partial charge < -0.3 is 19.6 Å². The van der Waals surface area contributed by atoms with E-state index in [9.17, 15) is 5.11 Å². The molecule has 0 aliphatic carbocycles. The van der Waals surface area contributed by atoms with E-state index in [1.807, 2.05) is 0 Å². The first-order valence-electron chi connectivity index (χ1n) is 8.43. The molecule has 0 aromatic heterocycles. The molecule has 0 bridgehead atoms. The van der Waals surface area contributed by atoms with Crippen molar-refractivity contribution in [3.63, 3.8) is 0 Å². The SMILES string of the molecule is OCC1(CN2CCC(CN3CCCC3)CC2)CCOC1. The van der Waals surface area contributed by atoms with Gasteiger partial charge in [0.1, 0.15) is 0 Å². The van der Waals surface area contributed by atoms with Gasteiger partial charge in [-0.25, -0.2) is 0 Å². The topological polar surface area (TPSA) is 35.9 Å². The number of nitrogens with zero attached hydrogens (tertiary/aromatic N) is 2. The maximum absolute atomic E-state index is 9.68. The Hall–Kier alpha value is -0.160. The van der Waals surface area contributed by atoms with Crippen LogP contribution in [-0.2, 0) is 4.74 Å². The van der Waals surface area contributed by atoms with Gasteiger partial charge in [-0.2, -0.15) is 0 Å². The minimum Gasteiger partial charge on any atom is -0.396 e. The zero-order valence-electron chi connectivity index (χ0n) is 12.7. The standard InChI is InChI=1S/C16H30N2O2/c19-13-16(5-10-20-14-16)12-18-8-3-15(4-9-18)11-17-6-1-2-7-17/h15,19H,1-14H2. The molecule has 0 aromatic carbocycles. The molecule has 0 spiro atoms. The second-order valence-electron chi connectivity index (χ2n) is 7.19. The van der Waals surface area contributed by atoms with Gasteiger partial charge in [0.15, 0.2) is 0 Å². The Bertz CT molecular complexity index is 291. The summed E-state index contributed by atoms with van der Waals surface area (Å²) >= 11 is 0. The lowest BCUT2D eigenvalue weighted by atomic mass is 9.86. The lowest BCUT2D eigenvalue weighted by Crippen LogP contribution is -2.45. The van der Waals surface area contributed by atoms with Crippen LogP contribution in [0.25, 0.3) is 0 Å². The molecule has 1 N–H and O–H groups in total. The van der Waals surface area contributed by atoms with Gasteiger partial charge in [0.05, 0.1) is 13.2 Å². The highest BCUT2D eigenvalue weighted by Gasteiger charge is 2.37. The van der Waals surface area contributed by atoms with E-state index in [0.717, 1.165) is 32.1 Å².